The van der Waals surface area contributed by atoms with Gasteiger partial charge in [-0.3, -0.25) is 0 Å². The lowest BCUT2D eigenvalue weighted by Gasteiger charge is -2.46. The third-order valence-corrected chi connectivity index (χ3v) is 15.7. The van der Waals surface area contributed by atoms with Crippen molar-refractivity contribution in [3.8, 4) is 11.1 Å². The molecule has 10 rings (SSSR count). The Balaban J connectivity index is 1.38. The minimum absolute atomic E-state index is 0.00847. The van der Waals surface area contributed by atoms with Crippen molar-refractivity contribution in [1.82, 2.24) is 0 Å². The first-order valence-electron chi connectivity index (χ1n) is 27.0. The van der Waals surface area contributed by atoms with E-state index in [1.54, 1.807) is 0 Å². The largest absolute Gasteiger partial charge is 0.311 e. The summed E-state index contributed by atoms with van der Waals surface area (Å²) in [6.07, 6.45) is 0. The molecule has 0 amide bonds. The van der Waals surface area contributed by atoms with Crippen LogP contribution < -0.4 is 31.1 Å². The highest BCUT2D eigenvalue weighted by Gasteiger charge is 2.45. The highest BCUT2D eigenvalue weighted by atomic mass is 15.2. The molecule has 2 heterocycles. The lowest BCUT2D eigenvalue weighted by Crippen LogP contribution is -2.61. The van der Waals surface area contributed by atoms with Crippen LogP contribution in [-0.4, -0.2) is 6.71 Å². The van der Waals surface area contributed by atoms with E-state index in [2.05, 4.69) is 296 Å². The van der Waals surface area contributed by atoms with Gasteiger partial charge in [0, 0.05) is 45.4 Å². The lowest BCUT2D eigenvalue weighted by molar-refractivity contribution is 0.590. The predicted molar refractivity (Wildman–Crippen MR) is 324 cm³/mol. The average molecular weight is 972 g/mol. The van der Waals surface area contributed by atoms with Gasteiger partial charge in [-0.15, -0.1) is 0 Å². The van der Waals surface area contributed by atoms with Crippen molar-refractivity contribution in [3.63, 3.8) is 0 Å². The van der Waals surface area contributed by atoms with Crippen LogP contribution in [0.3, 0.4) is 0 Å². The summed E-state index contributed by atoms with van der Waals surface area (Å²) in [6.45, 7) is 39.3. The highest BCUT2D eigenvalue weighted by Crippen LogP contribution is 2.51. The third kappa shape index (κ3) is 9.28. The molecular weight excluding hydrogens is 894 g/mol. The maximum absolute atomic E-state index is 2.64. The topological polar surface area (TPSA) is 9.72 Å². The van der Waals surface area contributed by atoms with Crippen LogP contribution in [0, 0.1) is 13.8 Å². The molecule has 0 aliphatic carbocycles. The Hall–Kier alpha value is -6.78. The second kappa shape index (κ2) is 18.0. The summed E-state index contributed by atoms with van der Waals surface area (Å²) in [5.74, 6) is 0. The molecular formula is C70H78BN3. The summed E-state index contributed by atoms with van der Waals surface area (Å²) in [4.78, 5) is 7.71. The van der Waals surface area contributed by atoms with Gasteiger partial charge in [0.25, 0.3) is 6.71 Å². The van der Waals surface area contributed by atoms with E-state index in [0.717, 1.165) is 28.4 Å². The van der Waals surface area contributed by atoms with Gasteiger partial charge in [0.1, 0.15) is 0 Å². The van der Waals surface area contributed by atoms with Gasteiger partial charge >= 0.3 is 0 Å². The monoisotopic (exact) mass is 972 g/mol. The molecule has 0 spiro atoms. The molecule has 74 heavy (non-hydrogen) atoms. The van der Waals surface area contributed by atoms with E-state index in [0.29, 0.717) is 0 Å². The number of hydrogen-bond acceptors (Lipinski definition) is 3. The molecule has 8 aromatic carbocycles. The van der Waals surface area contributed by atoms with Crippen LogP contribution in [0.1, 0.15) is 143 Å². The van der Waals surface area contributed by atoms with Gasteiger partial charge in [0.15, 0.2) is 0 Å². The van der Waals surface area contributed by atoms with Crippen molar-refractivity contribution in [2.75, 3.05) is 14.7 Å². The Bertz CT molecular complexity index is 3390. The molecule has 0 unspecified atom stereocenters. The first-order valence-corrected chi connectivity index (χ1v) is 27.0. The number of nitrogens with zero attached hydrogens (tertiary/aromatic N) is 3. The Morgan fingerprint density at radius 1 is 0.338 bits per heavy atom. The van der Waals surface area contributed by atoms with Crippen LogP contribution in [0.25, 0.3) is 11.1 Å². The standard InChI is InChI=1S/C70H78BN3/c1-45-20-18-22-54(38-45)72(55-23-19-21-46(2)39-55)56-43-63-65-64(44-56)74(60-35-30-50(68(9,10)11)40-57(60)47-24-26-48(27-25-47)66(3,4)5)62-37-32-52(70(15,16)17)42-59(62)71(65)58-41-51(69(12,13)14)31-36-61(58)73(63)53-33-28-49(29-34-53)67(6,7)8/h18-44H,1-17H3. The van der Waals surface area contributed by atoms with Gasteiger partial charge in [-0.2, -0.15) is 0 Å². The maximum atomic E-state index is 2.64. The van der Waals surface area contributed by atoms with Crippen LogP contribution in [0.5, 0.6) is 0 Å². The zero-order valence-corrected chi connectivity index (χ0v) is 47.5. The van der Waals surface area contributed by atoms with Crippen molar-refractivity contribution in [1.29, 1.82) is 0 Å². The average Bonchev–Trinajstić information content (AvgIpc) is 3.33. The van der Waals surface area contributed by atoms with E-state index < -0.39 is 0 Å². The van der Waals surface area contributed by atoms with Gasteiger partial charge in [-0.05, 0) is 175 Å². The van der Waals surface area contributed by atoms with Crippen molar-refractivity contribution in [2.45, 2.75) is 145 Å². The van der Waals surface area contributed by atoms with E-state index >= 15 is 0 Å². The fourth-order valence-electron chi connectivity index (χ4n) is 11.3. The Kier molecular flexibility index (Phi) is 12.3. The normalized spacial score (nSPS) is 13.7. The summed E-state index contributed by atoms with van der Waals surface area (Å²) in [6, 6.07) is 63.8. The van der Waals surface area contributed by atoms with Crippen LogP contribution in [0.4, 0.5) is 51.2 Å². The minimum Gasteiger partial charge on any atom is -0.311 e. The smallest absolute Gasteiger partial charge is 0.252 e. The number of aryl methyl sites for hydroxylation is 2. The summed E-state index contributed by atoms with van der Waals surface area (Å²) >= 11 is 0. The van der Waals surface area contributed by atoms with Crippen LogP contribution in [0.15, 0.2) is 164 Å². The first-order chi connectivity index (χ1) is 34.7. The van der Waals surface area contributed by atoms with E-state index in [4.69, 9.17) is 0 Å². The van der Waals surface area contributed by atoms with Crippen molar-refractivity contribution >= 4 is 74.3 Å². The van der Waals surface area contributed by atoms with Gasteiger partial charge < -0.3 is 14.7 Å². The second-order valence-electron chi connectivity index (χ2n) is 26.7. The molecule has 0 fully saturated rings. The van der Waals surface area contributed by atoms with E-state index in [9.17, 15) is 0 Å². The molecule has 0 saturated carbocycles. The third-order valence-electron chi connectivity index (χ3n) is 15.7. The summed E-state index contributed by atoms with van der Waals surface area (Å²) in [5.41, 5.74) is 25.7. The van der Waals surface area contributed by atoms with E-state index in [1.165, 1.54) is 89.2 Å². The van der Waals surface area contributed by atoms with Crippen molar-refractivity contribution in [2.24, 2.45) is 0 Å². The SMILES string of the molecule is Cc1cccc(N(c2cccc(C)c2)c2cc3c4c(c2)N(c2ccc(C(C)(C)C)cc2-c2ccc(C(C)(C)C)cc2)c2ccc(C(C)(C)C)cc2B4c2cc(C(C)(C)C)ccc2N3c2ccc(C(C)(C)C)cc2)c1. The van der Waals surface area contributed by atoms with Crippen LogP contribution >= 0.6 is 0 Å². The molecule has 8 aromatic rings. The molecule has 3 nitrogen and oxygen atoms in total. The fourth-order valence-corrected chi connectivity index (χ4v) is 11.3. The zero-order valence-electron chi connectivity index (χ0n) is 47.5. The molecule has 0 bridgehead atoms. The predicted octanol–water partition coefficient (Wildman–Crippen LogP) is 18.0. The second-order valence-corrected chi connectivity index (χ2v) is 26.7. The molecule has 2 aliphatic rings. The molecule has 0 atom stereocenters. The quantitative estimate of drug-likeness (QED) is 0.154. The zero-order chi connectivity index (χ0) is 53.0. The molecule has 0 saturated heterocycles. The van der Waals surface area contributed by atoms with Gasteiger partial charge in [0.2, 0.25) is 0 Å². The summed E-state index contributed by atoms with van der Waals surface area (Å²) < 4.78 is 0. The van der Waals surface area contributed by atoms with Gasteiger partial charge in [-0.1, -0.05) is 195 Å². The molecule has 0 N–H and O–H groups in total. The first kappa shape index (κ1) is 50.7. The summed E-state index contributed by atoms with van der Waals surface area (Å²) in [7, 11) is 0. The number of hydrogen-bond donors (Lipinski definition) is 0. The van der Waals surface area contributed by atoms with E-state index in [-0.39, 0.29) is 33.8 Å². The Labute approximate surface area is 445 Å². The molecule has 0 radical (unpaired) electrons. The summed E-state index contributed by atoms with van der Waals surface area (Å²) in [5, 5.41) is 0. The Morgan fingerprint density at radius 3 is 1.18 bits per heavy atom. The molecule has 0 aromatic heterocycles. The van der Waals surface area contributed by atoms with Crippen LogP contribution in [0.2, 0.25) is 0 Å². The van der Waals surface area contributed by atoms with Gasteiger partial charge in [-0.25, -0.2) is 0 Å². The maximum Gasteiger partial charge on any atom is 0.252 e. The lowest BCUT2D eigenvalue weighted by atomic mass is 9.33. The fraction of sp³-hybridized carbons (Fsp3) is 0.314. The number of anilines is 9. The molecule has 4 heteroatoms. The van der Waals surface area contributed by atoms with Gasteiger partial charge in [0.05, 0.1) is 11.4 Å². The Morgan fingerprint density at radius 2 is 0.730 bits per heavy atom. The number of rotatable bonds is 6. The van der Waals surface area contributed by atoms with E-state index in [1.807, 2.05) is 0 Å². The van der Waals surface area contributed by atoms with Crippen LogP contribution in [-0.2, 0) is 27.1 Å². The highest BCUT2D eigenvalue weighted by molar-refractivity contribution is 7.00. The molecule has 376 valence electrons. The molecule has 2 aliphatic heterocycles. The minimum atomic E-state index is -0.0745. The number of fused-ring (bicyclic) bond motifs is 4. The number of benzene rings is 8. The van der Waals surface area contributed by atoms with Crippen molar-refractivity contribution in [3.05, 3.63) is 203 Å². The van der Waals surface area contributed by atoms with Crippen molar-refractivity contribution < 1.29 is 0 Å².